The molecule has 1 aliphatic rings. The highest BCUT2D eigenvalue weighted by molar-refractivity contribution is 7.89. The quantitative estimate of drug-likeness (QED) is 0.890. The third-order valence-electron chi connectivity index (χ3n) is 3.95. The number of hydrogen-bond donors (Lipinski definition) is 1. The van der Waals surface area contributed by atoms with Crippen LogP contribution in [0, 0.1) is 12.8 Å². The van der Waals surface area contributed by atoms with Gasteiger partial charge in [0.05, 0.1) is 4.90 Å². The first-order valence-electron chi connectivity index (χ1n) is 7.51. The molecule has 0 saturated carbocycles. The van der Waals surface area contributed by atoms with Gasteiger partial charge in [0.15, 0.2) is 0 Å². The van der Waals surface area contributed by atoms with Gasteiger partial charge in [-0.3, -0.25) is 4.79 Å². The molecule has 134 valence electrons. The largest absolute Gasteiger partial charge is 0.405 e. The summed E-state index contributed by atoms with van der Waals surface area (Å²) in [6.45, 7) is 0.704. The molecule has 1 N–H and O–H groups in total. The van der Waals surface area contributed by atoms with Gasteiger partial charge in [-0.25, -0.2) is 8.42 Å². The van der Waals surface area contributed by atoms with Crippen LogP contribution in [0.5, 0.6) is 0 Å². The van der Waals surface area contributed by atoms with Crippen molar-refractivity contribution in [1.29, 1.82) is 0 Å². The van der Waals surface area contributed by atoms with Gasteiger partial charge in [0.1, 0.15) is 6.54 Å². The second-order valence-corrected chi connectivity index (χ2v) is 7.76. The monoisotopic (exact) mass is 364 g/mol. The zero-order chi connectivity index (χ0) is 18.0. The summed E-state index contributed by atoms with van der Waals surface area (Å²) in [7, 11) is -3.64. The van der Waals surface area contributed by atoms with E-state index in [9.17, 15) is 26.4 Å². The lowest BCUT2D eigenvalue weighted by Gasteiger charge is -2.30. The Balaban J connectivity index is 1.94. The molecule has 9 heteroatoms. The summed E-state index contributed by atoms with van der Waals surface area (Å²) in [6.07, 6.45) is -4.05. The van der Waals surface area contributed by atoms with Crippen molar-refractivity contribution in [3.8, 4) is 0 Å². The van der Waals surface area contributed by atoms with Gasteiger partial charge in [-0.1, -0.05) is 17.7 Å². The zero-order valence-electron chi connectivity index (χ0n) is 13.1. The summed E-state index contributed by atoms with van der Waals surface area (Å²) in [5.41, 5.74) is 0.939. The van der Waals surface area contributed by atoms with Crippen molar-refractivity contribution in [1.82, 2.24) is 9.62 Å². The Hall–Kier alpha value is -1.61. The highest BCUT2D eigenvalue weighted by Gasteiger charge is 2.34. The average Bonchev–Trinajstić information content (AvgIpc) is 2.52. The van der Waals surface area contributed by atoms with Gasteiger partial charge < -0.3 is 5.32 Å². The van der Waals surface area contributed by atoms with Crippen molar-refractivity contribution in [3.05, 3.63) is 29.8 Å². The number of nitrogens with one attached hydrogen (secondary N) is 1. The molecule has 1 aromatic carbocycles. The van der Waals surface area contributed by atoms with Gasteiger partial charge >= 0.3 is 6.18 Å². The first-order chi connectivity index (χ1) is 11.1. The van der Waals surface area contributed by atoms with E-state index in [1.165, 1.54) is 16.4 Å². The average molecular weight is 364 g/mol. The van der Waals surface area contributed by atoms with E-state index >= 15 is 0 Å². The maximum absolute atomic E-state index is 12.5. The number of amides is 1. The summed E-state index contributed by atoms with van der Waals surface area (Å²) >= 11 is 0. The number of sulfonamides is 1. The molecule has 1 aliphatic heterocycles. The SMILES string of the molecule is Cc1ccc(S(=O)(=O)N2CCC(C(=O)NCC(F)(F)F)CC2)cc1. The van der Waals surface area contributed by atoms with Crippen LogP contribution in [0.2, 0.25) is 0 Å². The molecule has 1 heterocycles. The maximum Gasteiger partial charge on any atom is 0.405 e. The number of nitrogens with zero attached hydrogens (tertiary/aromatic N) is 1. The van der Waals surface area contributed by atoms with Crippen molar-refractivity contribution < 1.29 is 26.4 Å². The molecule has 0 radical (unpaired) electrons. The van der Waals surface area contributed by atoms with Crippen LogP contribution < -0.4 is 5.32 Å². The molecule has 0 atom stereocenters. The van der Waals surface area contributed by atoms with E-state index in [4.69, 9.17) is 0 Å². The van der Waals surface area contributed by atoms with Crippen LogP contribution in [0.15, 0.2) is 29.2 Å². The number of hydrogen-bond acceptors (Lipinski definition) is 3. The minimum Gasteiger partial charge on any atom is -0.347 e. The van der Waals surface area contributed by atoms with E-state index < -0.39 is 34.6 Å². The van der Waals surface area contributed by atoms with Gasteiger partial charge in [-0.15, -0.1) is 0 Å². The third kappa shape index (κ3) is 4.70. The number of carbonyl (C=O) groups excluding carboxylic acids is 1. The van der Waals surface area contributed by atoms with Crippen LogP contribution in [0.4, 0.5) is 13.2 Å². The Bertz CT molecular complexity index is 679. The summed E-state index contributed by atoms with van der Waals surface area (Å²) in [6, 6.07) is 6.44. The Morgan fingerprint density at radius 3 is 2.25 bits per heavy atom. The molecule has 5 nitrogen and oxygen atoms in total. The predicted octanol–water partition coefficient (Wildman–Crippen LogP) is 2.07. The normalized spacial score (nSPS) is 17.7. The number of alkyl halides is 3. The molecule has 1 saturated heterocycles. The molecule has 0 aromatic heterocycles. The molecule has 1 fully saturated rings. The second kappa shape index (κ2) is 7.10. The molecule has 0 spiro atoms. The second-order valence-electron chi connectivity index (χ2n) is 5.82. The van der Waals surface area contributed by atoms with Crippen molar-refractivity contribution in [3.63, 3.8) is 0 Å². The molecular formula is C15H19F3N2O3S. The number of halogens is 3. The molecule has 1 aromatic rings. The third-order valence-corrected chi connectivity index (χ3v) is 5.86. The van der Waals surface area contributed by atoms with Gasteiger partial charge in [-0.2, -0.15) is 17.5 Å². The fourth-order valence-electron chi connectivity index (χ4n) is 2.55. The first kappa shape index (κ1) is 18.7. The minimum absolute atomic E-state index is 0.111. The van der Waals surface area contributed by atoms with E-state index in [2.05, 4.69) is 0 Å². The minimum atomic E-state index is -4.45. The highest BCUT2D eigenvalue weighted by atomic mass is 32.2. The molecule has 0 unspecified atom stereocenters. The van der Waals surface area contributed by atoms with Crippen molar-refractivity contribution >= 4 is 15.9 Å². The van der Waals surface area contributed by atoms with Gasteiger partial charge in [0, 0.05) is 19.0 Å². The van der Waals surface area contributed by atoms with Gasteiger partial charge in [0.25, 0.3) is 0 Å². The van der Waals surface area contributed by atoms with E-state index in [1.807, 2.05) is 12.2 Å². The van der Waals surface area contributed by atoms with Gasteiger partial charge in [0.2, 0.25) is 15.9 Å². The molecule has 0 aliphatic carbocycles. The molecule has 24 heavy (non-hydrogen) atoms. The lowest BCUT2D eigenvalue weighted by Crippen LogP contribution is -2.44. The van der Waals surface area contributed by atoms with Crippen LogP contribution in [-0.2, 0) is 14.8 Å². The number of piperidine rings is 1. The van der Waals surface area contributed by atoms with Crippen molar-refractivity contribution in [2.24, 2.45) is 5.92 Å². The number of aryl methyl sites for hydroxylation is 1. The summed E-state index contributed by atoms with van der Waals surface area (Å²) in [5, 5.41) is 1.85. The summed E-state index contributed by atoms with van der Waals surface area (Å²) in [4.78, 5) is 11.9. The van der Waals surface area contributed by atoms with Crippen LogP contribution in [0.1, 0.15) is 18.4 Å². The molecule has 0 bridgehead atoms. The van der Waals surface area contributed by atoms with E-state index in [0.717, 1.165) is 5.56 Å². The maximum atomic E-state index is 12.5. The molecule has 2 rings (SSSR count). The summed E-state index contributed by atoms with van der Waals surface area (Å²) in [5.74, 6) is -1.28. The van der Waals surface area contributed by atoms with E-state index in [0.29, 0.717) is 0 Å². The van der Waals surface area contributed by atoms with Crippen molar-refractivity contribution in [2.45, 2.75) is 30.8 Å². The van der Waals surface area contributed by atoms with Crippen LogP contribution in [0.25, 0.3) is 0 Å². The lowest BCUT2D eigenvalue weighted by atomic mass is 9.97. The Morgan fingerprint density at radius 1 is 1.21 bits per heavy atom. The number of carbonyl (C=O) groups is 1. The van der Waals surface area contributed by atoms with Crippen LogP contribution in [-0.4, -0.2) is 44.4 Å². The Labute approximate surface area is 138 Å². The zero-order valence-corrected chi connectivity index (χ0v) is 14.0. The predicted molar refractivity (Wildman–Crippen MR) is 81.7 cm³/mol. The smallest absolute Gasteiger partial charge is 0.347 e. The molecule has 1 amide bonds. The number of rotatable bonds is 4. The topological polar surface area (TPSA) is 66.5 Å². The number of benzene rings is 1. The fourth-order valence-corrected chi connectivity index (χ4v) is 4.02. The van der Waals surface area contributed by atoms with Crippen molar-refractivity contribution in [2.75, 3.05) is 19.6 Å². The highest BCUT2D eigenvalue weighted by Crippen LogP contribution is 2.24. The van der Waals surface area contributed by atoms with Crippen LogP contribution in [0.3, 0.4) is 0 Å². The Morgan fingerprint density at radius 2 is 1.75 bits per heavy atom. The first-order valence-corrected chi connectivity index (χ1v) is 8.95. The Kier molecular flexibility index (Phi) is 5.54. The summed E-state index contributed by atoms with van der Waals surface area (Å²) < 4.78 is 62.6. The van der Waals surface area contributed by atoms with E-state index in [1.54, 1.807) is 12.1 Å². The standard InChI is InChI=1S/C15H19F3N2O3S/c1-11-2-4-13(5-3-11)24(22,23)20-8-6-12(7-9-20)14(21)19-10-15(16,17)18/h2-5,12H,6-10H2,1H3,(H,19,21). The van der Waals surface area contributed by atoms with Gasteiger partial charge in [-0.05, 0) is 31.9 Å². The van der Waals surface area contributed by atoms with Crippen LogP contribution >= 0.6 is 0 Å². The van der Waals surface area contributed by atoms with E-state index in [-0.39, 0.29) is 30.8 Å². The fraction of sp³-hybridized carbons (Fsp3) is 0.533. The molecular weight excluding hydrogens is 345 g/mol. The lowest BCUT2D eigenvalue weighted by molar-refractivity contribution is -0.141.